The number of allylic oxidation sites excluding steroid dienone is 1. The van der Waals surface area contributed by atoms with Crippen molar-refractivity contribution in [3.8, 4) is 5.75 Å². The summed E-state index contributed by atoms with van der Waals surface area (Å²) in [5.74, 6) is 0.0561. The van der Waals surface area contributed by atoms with Crippen molar-refractivity contribution >= 4 is 24.5 Å². The van der Waals surface area contributed by atoms with Gasteiger partial charge in [0, 0.05) is 24.4 Å². The van der Waals surface area contributed by atoms with Gasteiger partial charge in [-0.1, -0.05) is 13.0 Å². The molecule has 21 heavy (non-hydrogen) atoms. The summed E-state index contributed by atoms with van der Waals surface area (Å²) in [4.78, 5) is 11.3. The molecule has 0 aromatic heterocycles. The molecule has 0 saturated carbocycles. The molecule has 116 valence electrons. The summed E-state index contributed by atoms with van der Waals surface area (Å²) in [7, 11) is 0. The first kappa shape index (κ1) is 17.7. The van der Waals surface area contributed by atoms with Gasteiger partial charge in [-0.15, -0.1) is 0 Å². The third-order valence-corrected chi connectivity index (χ3v) is 2.92. The predicted molar refractivity (Wildman–Crippen MR) is 87.3 cm³/mol. The molecule has 2 atom stereocenters. The van der Waals surface area contributed by atoms with Gasteiger partial charge >= 0.3 is 0 Å². The Morgan fingerprint density at radius 3 is 2.76 bits per heavy atom. The molecule has 1 rings (SSSR count). The monoisotopic (exact) mass is 311 g/mol. The smallest absolute Gasteiger partial charge is 0.155 e. The molecule has 0 saturated heterocycles. The molecule has 1 aromatic carbocycles. The molecule has 0 aliphatic rings. The van der Waals surface area contributed by atoms with Crippen LogP contribution in [0.1, 0.15) is 32.8 Å². The lowest BCUT2D eigenvalue weighted by Gasteiger charge is -2.17. The highest BCUT2D eigenvalue weighted by Crippen LogP contribution is 2.19. The first-order valence-corrected chi connectivity index (χ1v) is 7.52. The fraction of sp³-hybridized carbons (Fsp3) is 0.438. The van der Waals surface area contributed by atoms with E-state index in [0.29, 0.717) is 24.3 Å². The van der Waals surface area contributed by atoms with Crippen LogP contribution in [0.25, 0.3) is 6.08 Å². The minimum atomic E-state index is -0.390. The number of carbonyl (C=O) groups excluding carboxylic acids is 1. The Bertz CT molecular complexity index is 503. The van der Waals surface area contributed by atoms with Crippen molar-refractivity contribution in [2.75, 3.05) is 6.54 Å². The fourth-order valence-corrected chi connectivity index (χ4v) is 1.77. The number of carbonyl (C=O) groups is 1. The van der Waals surface area contributed by atoms with E-state index in [0.717, 1.165) is 0 Å². The SMILES string of the molecule is CCC(=O)/C=C/c1cc(F)cc(O[C@H](C)CNC(C)S)c1. The van der Waals surface area contributed by atoms with E-state index in [1.165, 1.54) is 18.2 Å². The normalized spacial score (nSPS) is 14.1. The van der Waals surface area contributed by atoms with E-state index in [1.807, 2.05) is 13.8 Å². The predicted octanol–water partition coefficient (Wildman–Crippen LogP) is 3.45. The van der Waals surface area contributed by atoms with E-state index < -0.39 is 0 Å². The average Bonchev–Trinajstić information content (AvgIpc) is 2.42. The van der Waals surface area contributed by atoms with Crippen LogP contribution in [0.3, 0.4) is 0 Å². The van der Waals surface area contributed by atoms with Crippen molar-refractivity contribution in [2.45, 2.75) is 38.7 Å². The molecule has 1 unspecified atom stereocenters. The van der Waals surface area contributed by atoms with Gasteiger partial charge in [0.25, 0.3) is 0 Å². The van der Waals surface area contributed by atoms with Crippen molar-refractivity contribution in [1.29, 1.82) is 0 Å². The lowest BCUT2D eigenvalue weighted by Crippen LogP contribution is -2.32. The van der Waals surface area contributed by atoms with Crippen LogP contribution in [0, 0.1) is 5.82 Å². The fourth-order valence-electron chi connectivity index (χ4n) is 1.67. The number of thiol groups is 1. The zero-order valence-electron chi connectivity index (χ0n) is 12.6. The second-order valence-electron chi connectivity index (χ2n) is 4.89. The van der Waals surface area contributed by atoms with Gasteiger partial charge in [-0.25, -0.2) is 4.39 Å². The number of hydrogen-bond donors (Lipinski definition) is 2. The number of rotatable bonds is 8. The minimum absolute atomic E-state index is 0.00191. The molecule has 1 N–H and O–H groups in total. The van der Waals surface area contributed by atoms with E-state index in [1.54, 1.807) is 19.1 Å². The summed E-state index contributed by atoms with van der Waals surface area (Å²) < 4.78 is 19.2. The number of benzene rings is 1. The Labute approximate surface area is 131 Å². The third-order valence-electron chi connectivity index (χ3n) is 2.74. The zero-order valence-corrected chi connectivity index (χ0v) is 13.5. The maximum absolute atomic E-state index is 13.6. The zero-order chi connectivity index (χ0) is 15.8. The topological polar surface area (TPSA) is 38.3 Å². The molecule has 5 heteroatoms. The highest BCUT2D eigenvalue weighted by molar-refractivity contribution is 7.80. The molecule has 3 nitrogen and oxygen atoms in total. The van der Waals surface area contributed by atoms with Crippen LogP contribution in [0.2, 0.25) is 0 Å². The second kappa shape index (κ2) is 8.85. The van der Waals surface area contributed by atoms with E-state index in [2.05, 4.69) is 17.9 Å². The maximum Gasteiger partial charge on any atom is 0.155 e. The molecule has 0 fully saturated rings. The van der Waals surface area contributed by atoms with Crippen LogP contribution < -0.4 is 10.1 Å². The number of nitrogens with one attached hydrogen (secondary N) is 1. The molecule has 0 bridgehead atoms. The van der Waals surface area contributed by atoms with E-state index >= 15 is 0 Å². The van der Waals surface area contributed by atoms with Gasteiger partial charge in [-0.05, 0) is 37.6 Å². The summed E-state index contributed by atoms with van der Waals surface area (Å²) in [6.07, 6.45) is 3.36. The first-order chi connectivity index (χ1) is 9.90. The molecule has 0 amide bonds. The summed E-state index contributed by atoms with van der Waals surface area (Å²) in [6.45, 7) is 6.21. The van der Waals surface area contributed by atoms with Gasteiger partial charge in [0.05, 0.1) is 0 Å². The van der Waals surface area contributed by atoms with Gasteiger partial charge in [0.1, 0.15) is 17.7 Å². The molecule has 0 aliphatic carbocycles. The summed E-state index contributed by atoms with van der Waals surface area (Å²) in [6, 6.07) is 4.41. The standard InChI is InChI=1S/C16H22FNO2S/c1-4-15(19)6-5-13-7-14(17)9-16(8-13)20-11(2)10-18-12(3)21/h5-9,11-12,18,21H,4,10H2,1-3H3/b6-5+/t11-,12?/m1/s1. The van der Waals surface area contributed by atoms with Crippen LogP contribution in [-0.2, 0) is 4.79 Å². The summed E-state index contributed by atoms with van der Waals surface area (Å²) in [5, 5.41) is 3.20. The largest absolute Gasteiger partial charge is 0.489 e. The Balaban J connectivity index is 2.73. The van der Waals surface area contributed by atoms with E-state index in [9.17, 15) is 9.18 Å². The highest BCUT2D eigenvalue weighted by Gasteiger charge is 2.07. The summed E-state index contributed by atoms with van der Waals surface area (Å²) in [5.41, 5.74) is 0.606. The molecular weight excluding hydrogens is 289 g/mol. The van der Waals surface area contributed by atoms with Gasteiger partial charge in [-0.3, -0.25) is 4.79 Å². The average molecular weight is 311 g/mol. The quantitative estimate of drug-likeness (QED) is 0.439. The number of halogens is 1. The lowest BCUT2D eigenvalue weighted by atomic mass is 10.1. The Hall–Kier alpha value is -1.33. The van der Waals surface area contributed by atoms with Crippen molar-refractivity contribution in [3.63, 3.8) is 0 Å². The molecule has 0 spiro atoms. The van der Waals surface area contributed by atoms with E-state index in [4.69, 9.17) is 4.74 Å². The van der Waals surface area contributed by atoms with Crippen molar-refractivity contribution in [3.05, 3.63) is 35.7 Å². The second-order valence-corrected chi connectivity index (χ2v) is 5.66. The van der Waals surface area contributed by atoms with Crippen LogP contribution in [0.4, 0.5) is 4.39 Å². The number of ketones is 1. The Morgan fingerprint density at radius 1 is 1.43 bits per heavy atom. The van der Waals surface area contributed by atoms with Crippen LogP contribution in [0.5, 0.6) is 5.75 Å². The van der Waals surface area contributed by atoms with Crippen molar-refractivity contribution in [1.82, 2.24) is 5.32 Å². The van der Waals surface area contributed by atoms with Gasteiger partial charge in [0.2, 0.25) is 0 Å². The minimum Gasteiger partial charge on any atom is -0.489 e. The Morgan fingerprint density at radius 2 is 2.14 bits per heavy atom. The molecular formula is C16H22FNO2S. The van der Waals surface area contributed by atoms with Gasteiger partial charge < -0.3 is 10.1 Å². The van der Waals surface area contributed by atoms with Crippen LogP contribution >= 0.6 is 12.6 Å². The molecule has 0 aliphatic heterocycles. The van der Waals surface area contributed by atoms with Crippen molar-refractivity contribution in [2.24, 2.45) is 0 Å². The lowest BCUT2D eigenvalue weighted by molar-refractivity contribution is -0.114. The third kappa shape index (κ3) is 7.29. The number of hydrogen-bond acceptors (Lipinski definition) is 4. The highest BCUT2D eigenvalue weighted by atomic mass is 32.1. The van der Waals surface area contributed by atoms with Crippen molar-refractivity contribution < 1.29 is 13.9 Å². The molecule has 0 heterocycles. The number of ether oxygens (including phenoxy) is 1. The Kier molecular flexibility index (Phi) is 7.47. The first-order valence-electron chi connectivity index (χ1n) is 7.00. The van der Waals surface area contributed by atoms with Crippen LogP contribution in [0.15, 0.2) is 24.3 Å². The molecule has 1 aromatic rings. The summed E-state index contributed by atoms with van der Waals surface area (Å²) >= 11 is 4.22. The maximum atomic E-state index is 13.6. The van der Waals surface area contributed by atoms with Crippen LogP contribution in [-0.4, -0.2) is 23.8 Å². The van der Waals surface area contributed by atoms with Gasteiger partial charge in [-0.2, -0.15) is 12.6 Å². The van der Waals surface area contributed by atoms with Gasteiger partial charge in [0.15, 0.2) is 5.78 Å². The molecule has 0 radical (unpaired) electrons. The van der Waals surface area contributed by atoms with E-state index in [-0.39, 0.29) is 23.1 Å².